The number of methoxy groups -OCH3 is 3. The third kappa shape index (κ3) is 4.35. The molecule has 24 heavy (non-hydrogen) atoms. The van der Waals surface area contributed by atoms with Crippen LogP contribution in [0.4, 0.5) is 5.13 Å². The van der Waals surface area contributed by atoms with Gasteiger partial charge < -0.3 is 19.9 Å². The fraction of sp³-hybridized carbons (Fsp3) is 0.267. The van der Waals surface area contributed by atoms with E-state index in [0.29, 0.717) is 33.6 Å². The summed E-state index contributed by atoms with van der Waals surface area (Å²) in [6.07, 6.45) is 1.60. The lowest BCUT2D eigenvalue weighted by molar-refractivity contribution is -0.120. The number of nitrogens with one attached hydrogen (secondary N) is 1. The number of nitrogen functional groups attached to an aromatic ring is 1. The maximum absolute atomic E-state index is 11.8. The van der Waals surface area contributed by atoms with Crippen molar-refractivity contribution in [1.82, 2.24) is 10.4 Å². The van der Waals surface area contributed by atoms with Gasteiger partial charge in [0.05, 0.1) is 39.7 Å². The van der Waals surface area contributed by atoms with E-state index in [1.165, 1.54) is 38.9 Å². The van der Waals surface area contributed by atoms with Gasteiger partial charge in [-0.15, -0.1) is 11.3 Å². The van der Waals surface area contributed by atoms with E-state index >= 15 is 0 Å². The number of carbonyl (C=O) groups excluding carboxylic acids is 1. The van der Waals surface area contributed by atoms with Gasteiger partial charge in [0.25, 0.3) is 0 Å². The summed E-state index contributed by atoms with van der Waals surface area (Å²) < 4.78 is 15.8. The van der Waals surface area contributed by atoms with Crippen LogP contribution in [0.2, 0.25) is 0 Å². The van der Waals surface area contributed by atoms with Gasteiger partial charge in [0.15, 0.2) is 16.6 Å². The minimum Gasteiger partial charge on any atom is -0.493 e. The number of hydrazone groups is 1. The summed E-state index contributed by atoms with van der Waals surface area (Å²) in [7, 11) is 4.58. The highest BCUT2D eigenvalue weighted by molar-refractivity contribution is 7.13. The monoisotopic (exact) mass is 350 g/mol. The molecule has 0 atom stereocenters. The Kier molecular flexibility index (Phi) is 5.96. The molecule has 0 aliphatic rings. The number of hydrogen-bond donors (Lipinski definition) is 2. The Morgan fingerprint density at radius 1 is 1.29 bits per heavy atom. The van der Waals surface area contributed by atoms with Crippen molar-refractivity contribution < 1.29 is 19.0 Å². The standard InChI is InChI=1S/C15H18N4O4S/c1-21-11-4-9(5-12(22-2)14(11)23-3)7-17-19-13(20)6-10-8-24-15(16)18-10/h4-5,7-8H,6H2,1-3H3,(H2,16,18)(H,19,20)/b17-7+. The van der Waals surface area contributed by atoms with Crippen LogP contribution in [0.25, 0.3) is 0 Å². The van der Waals surface area contributed by atoms with E-state index in [1.54, 1.807) is 17.5 Å². The molecule has 2 aromatic rings. The lowest BCUT2D eigenvalue weighted by Crippen LogP contribution is -2.19. The number of aromatic nitrogens is 1. The summed E-state index contributed by atoms with van der Waals surface area (Å²) in [5.74, 6) is 1.21. The lowest BCUT2D eigenvalue weighted by atomic mass is 10.2. The minimum atomic E-state index is -0.288. The van der Waals surface area contributed by atoms with Crippen LogP contribution < -0.4 is 25.4 Å². The van der Waals surface area contributed by atoms with Gasteiger partial charge in [-0.2, -0.15) is 5.10 Å². The molecule has 2 rings (SSSR count). The highest BCUT2D eigenvalue weighted by Crippen LogP contribution is 2.37. The molecule has 0 spiro atoms. The first-order valence-corrected chi connectivity index (χ1v) is 7.77. The number of nitrogens with two attached hydrogens (primary N) is 1. The predicted molar refractivity (Wildman–Crippen MR) is 92.1 cm³/mol. The molecule has 1 amide bonds. The molecular formula is C15H18N4O4S. The summed E-state index contributed by atoms with van der Waals surface area (Å²) in [5.41, 5.74) is 9.25. The van der Waals surface area contributed by atoms with Crippen LogP contribution in [0.15, 0.2) is 22.6 Å². The molecule has 0 aliphatic heterocycles. The number of ether oxygens (including phenoxy) is 3. The molecule has 9 heteroatoms. The molecule has 0 unspecified atom stereocenters. The topological polar surface area (TPSA) is 108 Å². The summed E-state index contributed by atoms with van der Waals surface area (Å²) >= 11 is 1.29. The maximum atomic E-state index is 11.8. The lowest BCUT2D eigenvalue weighted by Gasteiger charge is -2.12. The molecule has 0 aliphatic carbocycles. The Bertz CT molecular complexity index is 720. The predicted octanol–water partition coefficient (Wildman–Crippen LogP) is 1.44. The number of rotatable bonds is 7. The number of carbonyl (C=O) groups is 1. The largest absolute Gasteiger partial charge is 0.493 e. The van der Waals surface area contributed by atoms with Crippen molar-refractivity contribution in [3.63, 3.8) is 0 Å². The highest BCUT2D eigenvalue weighted by atomic mass is 32.1. The van der Waals surface area contributed by atoms with Gasteiger partial charge in [-0.3, -0.25) is 4.79 Å². The first-order valence-electron chi connectivity index (χ1n) is 6.89. The fourth-order valence-electron chi connectivity index (χ4n) is 1.96. The van der Waals surface area contributed by atoms with E-state index in [4.69, 9.17) is 19.9 Å². The van der Waals surface area contributed by atoms with Gasteiger partial charge >= 0.3 is 0 Å². The molecule has 0 saturated heterocycles. The molecule has 0 saturated carbocycles. The average molecular weight is 350 g/mol. The van der Waals surface area contributed by atoms with Gasteiger partial charge in [0.1, 0.15) is 0 Å². The number of nitrogens with zero attached hydrogens (tertiary/aromatic N) is 2. The molecule has 0 fully saturated rings. The summed E-state index contributed by atoms with van der Waals surface area (Å²) in [6.45, 7) is 0. The van der Waals surface area contributed by atoms with Gasteiger partial charge in [-0.05, 0) is 12.1 Å². The van der Waals surface area contributed by atoms with E-state index in [2.05, 4.69) is 15.5 Å². The Morgan fingerprint density at radius 2 is 1.96 bits per heavy atom. The molecular weight excluding hydrogens is 332 g/mol. The first kappa shape index (κ1) is 17.5. The van der Waals surface area contributed by atoms with Crippen LogP contribution in [0.3, 0.4) is 0 Å². The highest BCUT2D eigenvalue weighted by Gasteiger charge is 2.12. The third-order valence-corrected chi connectivity index (χ3v) is 3.72. The van der Waals surface area contributed by atoms with Crippen molar-refractivity contribution in [3.8, 4) is 17.2 Å². The zero-order valence-corrected chi connectivity index (χ0v) is 14.3. The van der Waals surface area contributed by atoms with E-state index in [-0.39, 0.29) is 12.3 Å². The molecule has 3 N–H and O–H groups in total. The average Bonchev–Trinajstić information content (AvgIpc) is 2.98. The van der Waals surface area contributed by atoms with Crippen molar-refractivity contribution in [3.05, 3.63) is 28.8 Å². The molecule has 0 bridgehead atoms. The SMILES string of the molecule is COc1cc(/C=N/NC(=O)Cc2csc(N)n2)cc(OC)c1OC. The normalized spacial score (nSPS) is 10.6. The summed E-state index contributed by atoms with van der Waals surface area (Å²) in [4.78, 5) is 15.8. The number of hydrogen-bond acceptors (Lipinski definition) is 8. The second-order valence-corrected chi connectivity index (χ2v) is 5.50. The van der Waals surface area contributed by atoms with Gasteiger partial charge in [0, 0.05) is 10.9 Å². The molecule has 128 valence electrons. The smallest absolute Gasteiger partial charge is 0.246 e. The van der Waals surface area contributed by atoms with Crippen LogP contribution in [-0.2, 0) is 11.2 Å². The van der Waals surface area contributed by atoms with Crippen molar-refractivity contribution in [1.29, 1.82) is 0 Å². The third-order valence-electron chi connectivity index (χ3n) is 3.00. The number of amides is 1. The van der Waals surface area contributed by atoms with E-state index < -0.39 is 0 Å². The second kappa shape index (κ2) is 8.16. The zero-order chi connectivity index (χ0) is 17.5. The summed E-state index contributed by atoms with van der Waals surface area (Å²) in [6, 6.07) is 3.44. The number of thiazole rings is 1. The number of benzene rings is 1. The molecule has 0 radical (unpaired) electrons. The van der Waals surface area contributed by atoms with Crippen LogP contribution in [-0.4, -0.2) is 38.4 Å². The molecule has 1 aromatic heterocycles. The van der Waals surface area contributed by atoms with Crippen LogP contribution in [0.1, 0.15) is 11.3 Å². The quantitative estimate of drug-likeness (QED) is 0.578. The van der Waals surface area contributed by atoms with Gasteiger partial charge in [0.2, 0.25) is 11.7 Å². The second-order valence-electron chi connectivity index (χ2n) is 4.61. The van der Waals surface area contributed by atoms with Crippen molar-refractivity contribution in [2.75, 3.05) is 27.1 Å². The Morgan fingerprint density at radius 3 is 2.46 bits per heavy atom. The van der Waals surface area contributed by atoms with Gasteiger partial charge in [-0.25, -0.2) is 10.4 Å². The summed E-state index contributed by atoms with van der Waals surface area (Å²) in [5, 5.41) is 6.08. The van der Waals surface area contributed by atoms with Crippen LogP contribution in [0, 0.1) is 0 Å². The molecule has 8 nitrogen and oxygen atoms in total. The molecule has 1 heterocycles. The minimum absolute atomic E-state index is 0.111. The van der Waals surface area contributed by atoms with E-state index in [0.717, 1.165) is 0 Å². The number of anilines is 1. The van der Waals surface area contributed by atoms with Crippen LogP contribution >= 0.6 is 11.3 Å². The van der Waals surface area contributed by atoms with Crippen LogP contribution in [0.5, 0.6) is 17.2 Å². The molecule has 1 aromatic carbocycles. The van der Waals surface area contributed by atoms with Crippen molar-refractivity contribution in [2.45, 2.75) is 6.42 Å². The van der Waals surface area contributed by atoms with Crippen molar-refractivity contribution >= 4 is 28.6 Å². The van der Waals surface area contributed by atoms with Crippen molar-refractivity contribution in [2.24, 2.45) is 5.10 Å². The van der Waals surface area contributed by atoms with E-state index in [1.807, 2.05) is 0 Å². The first-order chi connectivity index (χ1) is 11.6. The Balaban J connectivity index is 2.04. The van der Waals surface area contributed by atoms with Gasteiger partial charge in [-0.1, -0.05) is 0 Å². The zero-order valence-electron chi connectivity index (χ0n) is 13.5. The Labute approximate surface area is 143 Å². The Hall–Kier alpha value is -2.81. The fourth-order valence-corrected chi connectivity index (χ4v) is 2.53. The maximum Gasteiger partial charge on any atom is 0.246 e. The van der Waals surface area contributed by atoms with E-state index in [9.17, 15) is 4.79 Å².